The number of hydrogen-bond acceptors (Lipinski definition) is 3. The molecule has 4 heteroatoms. The Balaban J connectivity index is 1.25. The first-order valence-electron chi connectivity index (χ1n) is 25.2. The Kier molecular flexibility index (Phi) is 9.35. The SMILES string of the molecule is CC(C)(C)c1ccc2oc3c(c2c1)N(c1ccc2c(c1)C(C)(C)CCC2(C)C)c1cc(N(c2ccccc2)c2ccccc2)cc2c1B3C1CC3C(CC1C2(C)C)C(C)(C)CCC3(C)C. The summed E-state index contributed by atoms with van der Waals surface area (Å²) in [7, 11) is 0. The van der Waals surface area contributed by atoms with Crippen LogP contribution in [-0.4, -0.2) is 6.71 Å². The molecule has 3 nitrogen and oxygen atoms in total. The van der Waals surface area contributed by atoms with Crippen LogP contribution < -0.4 is 20.9 Å². The molecule has 4 unspecified atom stereocenters. The van der Waals surface area contributed by atoms with Gasteiger partial charge < -0.3 is 14.2 Å². The molecule has 2 fully saturated rings. The molecular weight excluding hydrogens is 787 g/mol. The van der Waals surface area contributed by atoms with Gasteiger partial charge in [0.1, 0.15) is 5.58 Å². The van der Waals surface area contributed by atoms with Crippen molar-refractivity contribution in [3.63, 3.8) is 0 Å². The van der Waals surface area contributed by atoms with E-state index in [0.29, 0.717) is 34.4 Å². The summed E-state index contributed by atoms with van der Waals surface area (Å²) in [4.78, 5) is 5.20. The molecule has 0 spiro atoms. The molecule has 0 radical (unpaired) electrons. The maximum Gasteiger partial charge on any atom is 0.264 e. The second-order valence-corrected chi connectivity index (χ2v) is 25.7. The van der Waals surface area contributed by atoms with Crippen LogP contribution in [0.25, 0.3) is 11.0 Å². The van der Waals surface area contributed by atoms with Gasteiger partial charge in [-0.2, -0.15) is 0 Å². The average molecular weight is 861 g/mol. The van der Waals surface area contributed by atoms with E-state index in [0.717, 1.165) is 5.58 Å². The van der Waals surface area contributed by atoms with E-state index in [4.69, 9.17) is 4.42 Å². The topological polar surface area (TPSA) is 19.6 Å². The molecule has 6 aromatic rings. The van der Waals surface area contributed by atoms with E-state index in [1.54, 1.807) is 0 Å². The molecule has 0 N–H and O–H groups in total. The first kappa shape index (κ1) is 42.9. The van der Waals surface area contributed by atoms with Crippen molar-refractivity contribution < 1.29 is 4.42 Å². The van der Waals surface area contributed by atoms with Crippen molar-refractivity contribution in [3.05, 3.63) is 131 Å². The summed E-state index contributed by atoms with van der Waals surface area (Å²) in [6.45, 7) is 32.7. The molecule has 11 rings (SSSR count). The van der Waals surface area contributed by atoms with Crippen LogP contribution in [0.15, 0.2) is 114 Å². The highest BCUT2D eigenvalue weighted by molar-refractivity contribution is 6.89. The van der Waals surface area contributed by atoms with Gasteiger partial charge in [-0.1, -0.05) is 145 Å². The third-order valence-electron chi connectivity index (χ3n) is 18.6. The van der Waals surface area contributed by atoms with Crippen molar-refractivity contribution in [2.75, 3.05) is 9.80 Å². The van der Waals surface area contributed by atoms with Gasteiger partial charge in [0.05, 0.1) is 11.3 Å². The van der Waals surface area contributed by atoms with Crippen molar-refractivity contribution in [2.45, 2.75) is 156 Å². The van der Waals surface area contributed by atoms with Crippen molar-refractivity contribution in [1.29, 1.82) is 0 Å². The van der Waals surface area contributed by atoms with Gasteiger partial charge in [0.2, 0.25) is 0 Å². The van der Waals surface area contributed by atoms with Crippen molar-refractivity contribution in [3.8, 4) is 0 Å². The van der Waals surface area contributed by atoms with Gasteiger partial charge in [0.25, 0.3) is 6.71 Å². The molecular formula is C61H73BN2O. The number of benzene rings is 5. The maximum atomic E-state index is 7.56. The normalized spacial score (nSPS) is 25.2. The molecule has 0 saturated heterocycles. The second kappa shape index (κ2) is 14.2. The van der Waals surface area contributed by atoms with Crippen LogP contribution >= 0.6 is 0 Å². The van der Waals surface area contributed by atoms with E-state index in [9.17, 15) is 0 Å². The van der Waals surface area contributed by atoms with Crippen LogP contribution in [0.2, 0.25) is 5.82 Å². The van der Waals surface area contributed by atoms with Gasteiger partial charge in [0, 0.05) is 33.8 Å². The van der Waals surface area contributed by atoms with Gasteiger partial charge in [-0.15, -0.1) is 0 Å². The van der Waals surface area contributed by atoms with E-state index < -0.39 is 0 Å². The molecule has 3 aliphatic carbocycles. The summed E-state index contributed by atoms with van der Waals surface area (Å²) in [5, 5.41) is 1.24. The number of para-hydroxylation sites is 2. The molecule has 336 valence electrons. The minimum atomic E-state index is -0.0839. The summed E-state index contributed by atoms with van der Waals surface area (Å²) in [6.07, 6.45) is 7.49. The number of nitrogens with zero attached hydrogens (tertiary/aromatic N) is 2. The van der Waals surface area contributed by atoms with Gasteiger partial charge in [0.15, 0.2) is 0 Å². The standard InChI is InChI=1S/C61H73BN2O/c1-56(2,3)38-24-27-52-43(32-38)54-55(65-52)62-50-37-47-46(59(8,9)30-31-60(47,10)11)36-48(50)61(12,13)49-34-42(63(39-20-16-14-17-21-39)40-22-18-15-19-23-40)35-51(53(49)62)64(54)41-25-26-44-45(33-41)58(6,7)29-28-57(44,4)5/h14-27,32-35,46-48,50H,28-31,36-37H2,1-13H3. The third kappa shape index (κ3) is 6.48. The van der Waals surface area contributed by atoms with Crippen LogP contribution in [0.4, 0.5) is 34.1 Å². The van der Waals surface area contributed by atoms with Crippen molar-refractivity contribution >= 4 is 62.9 Å². The molecule has 65 heavy (non-hydrogen) atoms. The highest BCUT2D eigenvalue weighted by Crippen LogP contribution is 2.66. The first-order valence-corrected chi connectivity index (χ1v) is 25.2. The van der Waals surface area contributed by atoms with Gasteiger partial charge >= 0.3 is 0 Å². The summed E-state index contributed by atoms with van der Waals surface area (Å²) >= 11 is 0. The first-order chi connectivity index (χ1) is 30.6. The van der Waals surface area contributed by atoms with Gasteiger partial charge in [-0.3, -0.25) is 0 Å². The Hall–Kier alpha value is -4.70. The molecule has 2 saturated carbocycles. The number of hydrogen-bond donors (Lipinski definition) is 0. The molecule has 2 aliphatic heterocycles. The van der Waals surface area contributed by atoms with E-state index in [1.165, 1.54) is 111 Å². The summed E-state index contributed by atoms with van der Waals surface area (Å²) < 4.78 is 7.56. The van der Waals surface area contributed by atoms with Crippen LogP contribution in [0.5, 0.6) is 0 Å². The molecule has 3 heterocycles. The average Bonchev–Trinajstić information content (AvgIpc) is 3.64. The lowest BCUT2D eigenvalue weighted by atomic mass is 9.23. The van der Waals surface area contributed by atoms with Crippen molar-refractivity contribution in [1.82, 2.24) is 0 Å². The summed E-state index contributed by atoms with van der Waals surface area (Å²) in [5.41, 5.74) is 17.6. The fourth-order valence-electron chi connectivity index (χ4n) is 14.4. The smallest absolute Gasteiger partial charge is 0.264 e. The summed E-state index contributed by atoms with van der Waals surface area (Å²) in [5.74, 6) is 2.32. The Labute approximate surface area is 391 Å². The fourth-order valence-corrected chi connectivity index (χ4v) is 14.4. The zero-order valence-electron chi connectivity index (χ0n) is 41.8. The minimum Gasteiger partial charge on any atom is -0.469 e. The van der Waals surface area contributed by atoms with Crippen LogP contribution in [0, 0.1) is 28.6 Å². The zero-order valence-corrected chi connectivity index (χ0v) is 41.8. The minimum absolute atomic E-state index is 0.0128. The molecule has 0 amide bonds. The van der Waals surface area contributed by atoms with E-state index >= 15 is 0 Å². The monoisotopic (exact) mass is 861 g/mol. The van der Waals surface area contributed by atoms with Crippen LogP contribution in [0.3, 0.4) is 0 Å². The molecule has 5 aliphatic rings. The van der Waals surface area contributed by atoms with Gasteiger partial charge in [-0.05, 0) is 177 Å². The predicted octanol–water partition coefficient (Wildman–Crippen LogP) is 16.1. The van der Waals surface area contributed by atoms with Crippen LogP contribution in [-0.2, 0) is 21.7 Å². The summed E-state index contributed by atoms with van der Waals surface area (Å²) in [6, 6.07) is 41.9. The zero-order chi connectivity index (χ0) is 45.8. The number of fused-ring (bicyclic) bond motifs is 8. The molecule has 4 atom stereocenters. The molecule has 0 bridgehead atoms. The lowest BCUT2D eigenvalue weighted by Crippen LogP contribution is -2.64. The molecule has 5 aromatic carbocycles. The highest BCUT2D eigenvalue weighted by atomic mass is 16.3. The fraction of sp³-hybridized carbons (Fsp3) is 0.475. The highest BCUT2D eigenvalue weighted by Gasteiger charge is 2.62. The van der Waals surface area contributed by atoms with Crippen LogP contribution in [0.1, 0.15) is 151 Å². The third-order valence-corrected chi connectivity index (χ3v) is 18.6. The van der Waals surface area contributed by atoms with Gasteiger partial charge in [-0.25, -0.2) is 0 Å². The van der Waals surface area contributed by atoms with E-state index in [1.807, 2.05) is 0 Å². The lowest BCUT2D eigenvalue weighted by Gasteiger charge is -2.62. The second-order valence-electron chi connectivity index (χ2n) is 25.7. The Morgan fingerprint density at radius 2 is 1.18 bits per heavy atom. The largest absolute Gasteiger partial charge is 0.469 e. The number of anilines is 6. The Morgan fingerprint density at radius 3 is 1.80 bits per heavy atom. The Bertz CT molecular complexity index is 2800. The Morgan fingerprint density at radius 1 is 0.585 bits per heavy atom. The number of furan rings is 1. The molecule has 1 aromatic heterocycles. The number of rotatable bonds is 4. The quantitative estimate of drug-likeness (QED) is 0.165. The lowest BCUT2D eigenvalue weighted by molar-refractivity contribution is -0.0679. The van der Waals surface area contributed by atoms with E-state index in [-0.39, 0.29) is 28.4 Å². The maximum absolute atomic E-state index is 7.56. The van der Waals surface area contributed by atoms with E-state index in [2.05, 4.69) is 209 Å². The van der Waals surface area contributed by atoms with Crippen molar-refractivity contribution in [2.24, 2.45) is 28.6 Å². The predicted molar refractivity (Wildman–Crippen MR) is 278 cm³/mol.